The van der Waals surface area contributed by atoms with Gasteiger partial charge in [-0.25, -0.2) is 4.39 Å². The molecule has 1 heterocycles. The Hall–Kier alpha value is -0.640. The van der Waals surface area contributed by atoms with Gasteiger partial charge >= 0.3 is 0 Å². The summed E-state index contributed by atoms with van der Waals surface area (Å²) in [4.78, 5) is 2.38. The monoisotopic (exact) mass is 284 g/mol. The highest BCUT2D eigenvalue weighted by atomic mass is 35.5. The van der Waals surface area contributed by atoms with Gasteiger partial charge in [0.1, 0.15) is 5.82 Å². The minimum atomic E-state index is -0.253. The summed E-state index contributed by atoms with van der Waals surface area (Å²) in [5, 5.41) is 0.429. The average molecular weight is 285 g/mol. The third-order valence-electron chi connectivity index (χ3n) is 4.22. The van der Waals surface area contributed by atoms with Crippen LogP contribution in [0.2, 0.25) is 5.02 Å². The predicted octanol–water partition coefficient (Wildman–Crippen LogP) is 3.74. The first kappa shape index (κ1) is 14.8. The van der Waals surface area contributed by atoms with Crippen LogP contribution in [-0.4, -0.2) is 23.5 Å². The lowest BCUT2D eigenvalue weighted by molar-refractivity contribution is 0.134. The molecule has 1 aliphatic rings. The second kappa shape index (κ2) is 6.21. The highest BCUT2D eigenvalue weighted by molar-refractivity contribution is 6.30. The summed E-state index contributed by atoms with van der Waals surface area (Å²) in [5.41, 5.74) is 6.60. The van der Waals surface area contributed by atoms with Crippen molar-refractivity contribution in [1.29, 1.82) is 0 Å². The summed E-state index contributed by atoms with van der Waals surface area (Å²) in [6.07, 6.45) is 3.41. The van der Waals surface area contributed by atoms with Crippen LogP contribution in [0.15, 0.2) is 18.2 Å². The Bertz CT molecular complexity index is 438. The van der Waals surface area contributed by atoms with Crippen LogP contribution in [0.25, 0.3) is 0 Å². The van der Waals surface area contributed by atoms with E-state index in [0.717, 1.165) is 12.8 Å². The number of halogens is 2. The number of benzene rings is 1. The molecule has 1 aromatic carbocycles. The predicted molar refractivity (Wildman–Crippen MR) is 77.8 cm³/mol. The first-order valence-electron chi connectivity index (χ1n) is 7.00. The maximum Gasteiger partial charge on any atom is 0.129 e. The summed E-state index contributed by atoms with van der Waals surface area (Å²) in [6, 6.07) is 5.78. The third kappa shape index (κ3) is 2.93. The minimum absolute atomic E-state index is 0.0558. The van der Waals surface area contributed by atoms with Gasteiger partial charge in [-0.1, -0.05) is 24.6 Å². The van der Waals surface area contributed by atoms with E-state index in [2.05, 4.69) is 18.7 Å². The number of likely N-dealkylation sites (tertiary alicyclic amines) is 1. The lowest BCUT2D eigenvalue weighted by atomic mass is 10.0. The summed E-state index contributed by atoms with van der Waals surface area (Å²) in [6.45, 7) is 4.81. The van der Waals surface area contributed by atoms with E-state index in [4.69, 9.17) is 17.3 Å². The summed E-state index contributed by atoms with van der Waals surface area (Å²) >= 11 is 5.82. The van der Waals surface area contributed by atoms with E-state index in [1.807, 2.05) is 0 Å². The second-order valence-electron chi connectivity index (χ2n) is 5.35. The van der Waals surface area contributed by atoms with Crippen LogP contribution in [-0.2, 0) is 0 Å². The summed E-state index contributed by atoms with van der Waals surface area (Å²) in [7, 11) is 0. The van der Waals surface area contributed by atoms with Gasteiger partial charge in [0.25, 0.3) is 0 Å². The van der Waals surface area contributed by atoms with Crippen LogP contribution in [0.5, 0.6) is 0 Å². The van der Waals surface area contributed by atoms with Crippen molar-refractivity contribution < 1.29 is 4.39 Å². The molecule has 2 rings (SSSR count). The van der Waals surface area contributed by atoms with Gasteiger partial charge in [-0.2, -0.15) is 0 Å². The number of nitrogens with zero attached hydrogens (tertiary/aromatic N) is 1. The minimum Gasteiger partial charge on any atom is -0.329 e. The Morgan fingerprint density at radius 3 is 2.79 bits per heavy atom. The molecular formula is C15H22ClFN2. The highest BCUT2D eigenvalue weighted by Crippen LogP contribution is 2.35. The van der Waals surface area contributed by atoms with E-state index < -0.39 is 0 Å². The molecule has 19 heavy (non-hydrogen) atoms. The smallest absolute Gasteiger partial charge is 0.129 e. The molecular weight excluding hydrogens is 263 g/mol. The van der Waals surface area contributed by atoms with E-state index >= 15 is 0 Å². The summed E-state index contributed by atoms with van der Waals surface area (Å²) < 4.78 is 14.1. The standard InChI is InChI=1S/C15H22ClFN2/c1-3-12-6-4-10(2)19(12)15(9-18)13-7-5-11(16)8-14(13)17/h5,7-8,10,12,15H,3-4,6,9,18H2,1-2H3. The van der Waals surface area contributed by atoms with Crippen molar-refractivity contribution in [3.05, 3.63) is 34.6 Å². The van der Waals surface area contributed by atoms with Crippen molar-refractivity contribution >= 4 is 11.6 Å². The number of hydrogen-bond donors (Lipinski definition) is 1. The lowest BCUT2D eigenvalue weighted by Crippen LogP contribution is -2.41. The van der Waals surface area contributed by atoms with Crippen LogP contribution in [0, 0.1) is 5.82 Å². The van der Waals surface area contributed by atoms with Gasteiger partial charge in [0, 0.05) is 29.2 Å². The molecule has 106 valence electrons. The Kier molecular flexibility index (Phi) is 4.82. The quantitative estimate of drug-likeness (QED) is 0.912. The fourth-order valence-electron chi connectivity index (χ4n) is 3.25. The zero-order valence-corrected chi connectivity index (χ0v) is 12.3. The van der Waals surface area contributed by atoms with Crippen LogP contribution in [0.3, 0.4) is 0 Å². The van der Waals surface area contributed by atoms with Crippen LogP contribution in [0.4, 0.5) is 4.39 Å². The molecule has 3 atom stereocenters. The molecule has 1 aliphatic heterocycles. The molecule has 0 aliphatic carbocycles. The molecule has 1 saturated heterocycles. The van der Waals surface area contributed by atoms with Crippen LogP contribution < -0.4 is 5.73 Å². The molecule has 0 saturated carbocycles. The summed E-state index contributed by atoms with van der Waals surface area (Å²) in [5.74, 6) is -0.253. The van der Waals surface area contributed by atoms with Gasteiger partial charge in [-0.3, -0.25) is 4.90 Å². The molecule has 0 radical (unpaired) electrons. The fraction of sp³-hybridized carbons (Fsp3) is 0.600. The van der Waals surface area contributed by atoms with E-state index in [1.165, 1.54) is 12.5 Å². The van der Waals surface area contributed by atoms with Crippen LogP contribution in [0.1, 0.15) is 44.7 Å². The van der Waals surface area contributed by atoms with E-state index in [1.54, 1.807) is 12.1 Å². The Morgan fingerprint density at radius 2 is 2.21 bits per heavy atom. The fourth-order valence-corrected chi connectivity index (χ4v) is 3.41. The molecule has 3 unspecified atom stereocenters. The highest BCUT2D eigenvalue weighted by Gasteiger charge is 2.35. The van der Waals surface area contributed by atoms with E-state index in [-0.39, 0.29) is 11.9 Å². The molecule has 0 spiro atoms. The lowest BCUT2D eigenvalue weighted by Gasteiger charge is -2.36. The van der Waals surface area contributed by atoms with E-state index in [0.29, 0.717) is 29.2 Å². The zero-order chi connectivity index (χ0) is 14.0. The van der Waals surface area contributed by atoms with Gasteiger partial charge in [0.2, 0.25) is 0 Å². The van der Waals surface area contributed by atoms with Crippen molar-refractivity contribution in [3.8, 4) is 0 Å². The molecule has 0 amide bonds. The van der Waals surface area contributed by atoms with Crippen LogP contribution >= 0.6 is 11.6 Å². The third-order valence-corrected chi connectivity index (χ3v) is 4.46. The maximum atomic E-state index is 14.1. The molecule has 2 nitrogen and oxygen atoms in total. The molecule has 1 aromatic rings. The second-order valence-corrected chi connectivity index (χ2v) is 5.79. The Balaban J connectivity index is 2.33. The zero-order valence-electron chi connectivity index (χ0n) is 11.6. The molecule has 0 bridgehead atoms. The Morgan fingerprint density at radius 1 is 1.47 bits per heavy atom. The first-order valence-corrected chi connectivity index (χ1v) is 7.38. The Labute approximate surface area is 119 Å². The molecule has 2 N–H and O–H groups in total. The molecule has 4 heteroatoms. The van der Waals surface area contributed by atoms with Crippen molar-refractivity contribution in [1.82, 2.24) is 4.90 Å². The van der Waals surface area contributed by atoms with Gasteiger partial charge < -0.3 is 5.73 Å². The van der Waals surface area contributed by atoms with Gasteiger partial charge in [0.15, 0.2) is 0 Å². The number of nitrogens with two attached hydrogens (primary N) is 1. The molecule has 1 fully saturated rings. The van der Waals surface area contributed by atoms with Crippen molar-refractivity contribution in [2.75, 3.05) is 6.54 Å². The molecule has 0 aromatic heterocycles. The normalized spacial score (nSPS) is 25.7. The van der Waals surface area contributed by atoms with Crippen molar-refractivity contribution in [3.63, 3.8) is 0 Å². The number of rotatable bonds is 4. The van der Waals surface area contributed by atoms with Gasteiger partial charge in [0.05, 0.1) is 6.04 Å². The van der Waals surface area contributed by atoms with Crippen molar-refractivity contribution in [2.45, 2.75) is 51.2 Å². The topological polar surface area (TPSA) is 29.3 Å². The largest absolute Gasteiger partial charge is 0.329 e. The van der Waals surface area contributed by atoms with E-state index in [9.17, 15) is 4.39 Å². The van der Waals surface area contributed by atoms with Crippen molar-refractivity contribution in [2.24, 2.45) is 5.73 Å². The van der Waals surface area contributed by atoms with Gasteiger partial charge in [-0.05, 0) is 38.3 Å². The SMILES string of the molecule is CCC1CCC(C)N1C(CN)c1ccc(Cl)cc1F. The maximum absolute atomic E-state index is 14.1. The average Bonchev–Trinajstić information content (AvgIpc) is 2.74. The van der Waals surface area contributed by atoms with Gasteiger partial charge in [-0.15, -0.1) is 0 Å². The first-order chi connectivity index (χ1) is 9.08. The number of hydrogen-bond acceptors (Lipinski definition) is 2.